The van der Waals surface area contributed by atoms with E-state index in [0.717, 1.165) is 17.5 Å². The minimum Gasteiger partial charge on any atom is -0.451 e. The van der Waals surface area contributed by atoms with E-state index in [1.54, 1.807) is 17.0 Å². The van der Waals surface area contributed by atoms with Crippen molar-refractivity contribution in [1.82, 2.24) is 4.90 Å². The van der Waals surface area contributed by atoms with Crippen molar-refractivity contribution >= 4 is 26.7 Å². The van der Waals surface area contributed by atoms with E-state index < -0.39 is 21.8 Å². The van der Waals surface area contributed by atoms with E-state index in [1.165, 1.54) is 11.6 Å². The van der Waals surface area contributed by atoms with Crippen molar-refractivity contribution < 1.29 is 17.6 Å². The Morgan fingerprint density at radius 3 is 2.32 bits per heavy atom. The number of fused-ring (bicyclic) bond motifs is 1. The largest absolute Gasteiger partial charge is 0.451 e. The third kappa shape index (κ3) is 5.09. The highest BCUT2D eigenvalue weighted by molar-refractivity contribution is 7.91. The van der Waals surface area contributed by atoms with Crippen molar-refractivity contribution in [2.45, 2.75) is 58.5 Å². The molecule has 2 heterocycles. The Morgan fingerprint density at radius 1 is 1.06 bits per heavy atom. The van der Waals surface area contributed by atoms with E-state index in [-0.39, 0.29) is 34.7 Å². The number of carbonyl (C=O) groups excluding carboxylic acids is 1. The number of nitrogens with zero attached hydrogens (tertiary/aromatic N) is 1. The summed E-state index contributed by atoms with van der Waals surface area (Å²) in [6.45, 7) is 8.63. The first-order chi connectivity index (χ1) is 16.0. The number of hydrogen-bond donors (Lipinski definition) is 0. The second-order valence-electron chi connectivity index (χ2n) is 10.1. The molecule has 0 radical (unpaired) electrons. The molecule has 0 aliphatic carbocycles. The van der Waals surface area contributed by atoms with Gasteiger partial charge in [-0.05, 0) is 47.1 Å². The van der Waals surface area contributed by atoms with E-state index in [2.05, 4.69) is 20.8 Å². The topological polar surface area (TPSA) is 84.7 Å². The van der Waals surface area contributed by atoms with E-state index in [4.69, 9.17) is 4.42 Å². The summed E-state index contributed by atoms with van der Waals surface area (Å²) in [5.74, 6) is -0.583. The second kappa shape index (κ2) is 9.02. The van der Waals surface area contributed by atoms with Gasteiger partial charge in [0.1, 0.15) is 5.58 Å². The van der Waals surface area contributed by atoms with Gasteiger partial charge < -0.3 is 9.32 Å². The zero-order chi connectivity index (χ0) is 24.7. The van der Waals surface area contributed by atoms with Gasteiger partial charge in [0.2, 0.25) is 0 Å². The Hall–Kier alpha value is -2.93. The van der Waals surface area contributed by atoms with Gasteiger partial charge in [0, 0.05) is 18.7 Å². The maximum absolute atomic E-state index is 13.6. The molecule has 0 unspecified atom stereocenters. The van der Waals surface area contributed by atoms with Crippen LogP contribution in [0.15, 0.2) is 57.7 Å². The Bertz CT molecular complexity index is 1380. The molecule has 4 rings (SSSR count). The summed E-state index contributed by atoms with van der Waals surface area (Å²) in [7, 11) is -3.21. The summed E-state index contributed by atoms with van der Waals surface area (Å²) < 4.78 is 30.2. The Morgan fingerprint density at radius 2 is 1.74 bits per heavy atom. The van der Waals surface area contributed by atoms with Gasteiger partial charge in [0.05, 0.1) is 16.9 Å². The lowest BCUT2D eigenvalue weighted by atomic mass is 9.86. The van der Waals surface area contributed by atoms with Gasteiger partial charge in [-0.15, -0.1) is 0 Å². The van der Waals surface area contributed by atoms with Crippen LogP contribution in [0.25, 0.3) is 11.0 Å². The summed E-state index contributed by atoms with van der Waals surface area (Å²) in [6.07, 6.45) is 1.15. The van der Waals surface area contributed by atoms with Crippen LogP contribution in [0.4, 0.5) is 0 Å². The predicted molar refractivity (Wildman–Crippen MR) is 134 cm³/mol. The van der Waals surface area contributed by atoms with Gasteiger partial charge in [-0.2, -0.15) is 0 Å². The van der Waals surface area contributed by atoms with Crippen molar-refractivity contribution in [2.24, 2.45) is 0 Å². The average molecular weight is 482 g/mol. The van der Waals surface area contributed by atoms with E-state index in [0.29, 0.717) is 17.4 Å². The highest BCUT2D eigenvalue weighted by Crippen LogP contribution is 2.26. The molecule has 0 spiro atoms. The lowest BCUT2D eigenvalue weighted by molar-refractivity contribution is 0.0648. The van der Waals surface area contributed by atoms with E-state index >= 15 is 0 Å². The first-order valence-electron chi connectivity index (χ1n) is 11.6. The molecule has 1 aliphatic heterocycles. The fraction of sp³-hybridized carbons (Fsp3) is 0.407. The molecule has 1 atom stereocenters. The number of rotatable bonds is 5. The van der Waals surface area contributed by atoms with Crippen LogP contribution in [0.1, 0.15) is 61.4 Å². The van der Waals surface area contributed by atoms with Gasteiger partial charge in [-0.3, -0.25) is 9.59 Å². The maximum atomic E-state index is 13.6. The molecule has 7 heteroatoms. The van der Waals surface area contributed by atoms with E-state index in [9.17, 15) is 18.0 Å². The SMILES string of the molecule is CCc1ccc2oc(C(=O)N(Cc3ccc(C(C)(C)C)cc3)[C@@H]3CCS(=O)(=O)C3)cc(=O)c2c1. The molecular weight excluding hydrogens is 450 g/mol. The van der Waals surface area contributed by atoms with Crippen molar-refractivity contribution in [2.75, 3.05) is 11.5 Å². The smallest absolute Gasteiger partial charge is 0.290 e. The summed E-state index contributed by atoms with van der Waals surface area (Å²) in [6, 6.07) is 14.1. The Labute approximate surface area is 200 Å². The second-order valence-corrected chi connectivity index (χ2v) is 12.3. The van der Waals surface area contributed by atoms with Gasteiger partial charge in [-0.25, -0.2) is 8.42 Å². The van der Waals surface area contributed by atoms with Crippen LogP contribution in [0.3, 0.4) is 0 Å². The molecule has 1 aromatic heterocycles. The minimum absolute atomic E-state index is 0.000287. The maximum Gasteiger partial charge on any atom is 0.290 e. The van der Waals surface area contributed by atoms with Crippen LogP contribution >= 0.6 is 0 Å². The van der Waals surface area contributed by atoms with Crippen LogP contribution in [-0.4, -0.2) is 36.8 Å². The van der Waals surface area contributed by atoms with Gasteiger partial charge >= 0.3 is 0 Å². The number of benzene rings is 2. The molecule has 6 nitrogen and oxygen atoms in total. The van der Waals surface area contributed by atoms with Gasteiger partial charge in [0.25, 0.3) is 5.91 Å². The van der Waals surface area contributed by atoms with Gasteiger partial charge in [0.15, 0.2) is 21.0 Å². The molecule has 3 aromatic rings. The molecule has 1 fully saturated rings. The molecule has 1 saturated heterocycles. The molecular formula is C27H31NO5S. The molecule has 1 aliphatic rings. The van der Waals surface area contributed by atoms with Gasteiger partial charge in [-0.1, -0.05) is 58.0 Å². The van der Waals surface area contributed by atoms with Crippen molar-refractivity contribution in [1.29, 1.82) is 0 Å². The quantitative estimate of drug-likeness (QED) is 0.536. The Kier molecular flexibility index (Phi) is 6.42. The van der Waals surface area contributed by atoms with E-state index in [1.807, 2.05) is 37.3 Å². The van der Waals surface area contributed by atoms with Crippen LogP contribution < -0.4 is 5.43 Å². The minimum atomic E-state index is -3.21. The summed E-state index contributed by atoms with van der Waals surface area (Å²) in [4.78, 5) is 27.9. The third-order valence-electron chi connectivity index (χ3n) is 6.49. The first kappa shape index (κ1) is 24.2. The normalized spacial score (nSPS) is 17.7. The lowest BCUT2D eigenvalue weighted by Gasteiger charge is -2.28. The number of carbonyl (C=O) groups is 1. The monoisotopic (exact) mass is 481 g/mol. The van der Waals surface area contributed by atoms with Crippen molar-refractivity contribution in [3.63, 3.8) is 0 Å². The third-order valence-corrected chi connectivity index (χ3v) is 8.24. The molecule has 180 valence electrons. The zero-order valence-electron chi connectivity index (χ0n) is 20.1. The standard InChI is InChI=1S/C27H31NO5S/c1-5-18-8-11-24-22(14-18)23(29)15-25(33-24)26(30)28(21-12-13-34(31,32)17-21)16-19-6-9-20(10-7-19)27(2,3)4/h6-11,14-15,21H,5,12-13,16-17H2,1-4H3/t21-/m1/s1. The summed E-state index contributed by atoms with van der Waals surface area (Å²) in [5.41, 5.74) is 3.14. The molecule has 0 N–H and O–H groups in total. The van der Waals surface area contributed by atoms with Crippen LogP contribution in [0.5, 0.6) is 0 Å². The fourth-order valence-corrected chi connectivity index (χ4v) is 6.10. The molecule has 1 amide bonds. The summed E-state index contributed by atoms with van der Waals surface area (Å²) >= 11 is 0. The van der Waals surface area contributed by atoms with Crippen LogP contribution in [-0.2, 0) is 28.2 Å². The average Bonchev–Trinajstić information content (AvgIpc) is 3.15. The fourth-order valence-electron chi connectivity index (χ4n) is 4.37. The zero-order valence-corrected chi connectivity index (χ0v) is 20.9. The molecule has 0 bridgehead atoms. The summed E-state index contributed by atoms with van der Waals surface area (Å²) in [5, 5.41) is 0.434. The van der Waals surface area contributed by atoms with Crippen LogP contribution in [0, 0.1) is 0 Å². The number of sulfone groups is 1. The lowest BCUT2D eigenvalue weighted by Crippen LogP contribution is -2.41. The van der Waals surface area contributed by atoms with Crippen LogP contribution in [0.2, 0.25) is 0 Å². The number of hydrogen-bond acceptors (Lipinski definition) is 5. The molecule has 34 heavy (non-hydrogen) atoms. The molecule has 2 aromatic carbocycles. The highest BCUT2D eigenvalue weighted by Gasteiger charge is 2.36. The first-order valence-corrected chi connectivity index (χ1v) is 13.5. The van der Waals surface area contributed by atoms with Crippen molar-refractivity contribution in [3.05, 3.63) is 81.2 Å². The predicted octanol–water partition coefficient (Wildman–Crippen LogP) is 4.48. The highest BCUT2D eigenvalue weighted by atomic mass is 32.2. The number of amides is 1. The number of aryl methyl sites for hydroxylation is 1. The molecule has 0 saturated carbocycles. The van der Waals surface area contributed by atoms with Crippen molar-refractivity contribution in [3.8, 4) is 0 Å². The Balaban J connectivity index is 1.70.